The third-order valence-corrected chi connectivity index (χ3v) is 6.29. The van der Waals surface area contributed by atoms with Crippen molar-refractivity contribution in [1.29, 1.82) is 0 Å². The molecule has 0 aliphatic carbocycles. The number of hydrogen-bond donors (Lipinski definition) is 3. The Morgan fingerprint density at radius 3 is 2.53 bits per heavy atom. The zero-order chi connectivity index (χ0) is 25.7. The van der Waals surface area contributed by atoms with Gasteiger partial charge in [-0.1, -0.05) is 24.6 Å². The minimum Gasteiger partial charge on any atom is -0.356 e. The number of imidazole rings is 1. The lowest BCUT2D eigenvalue weighted by Gasteiger charge is -2.30. The Kier molecular flexibility index (Phi) is 8.00. The fourth-order valence-corrected chi connectivity index (χ4v) is 4.23. The maximum absolute atomic E-state index is 13.6. The second-order valence-electron chi connectivity index (χ2n) is 9.13. The number of rotatable bonds is 9. The lowest BCUT2D eigenvalue weighted by atomic mass is 10.1. The van der Waals surface area contributed by atoms with Crippen LogP contribution >= 0.6 is 0 Å². The third-order valence-electron chi connectivity index (χ3n) is 6.29. The first-order valence-electron chi connectivity index (χ1n) is 12.4. The van der Waals surface area contributed by atoms with E-state index in [0.29, 0.717) is 38.3 Å². The molecule has 8 nitrogen and oxygen atoms in total. The average molecular weight is 493 g/mol. The van der Waals surface area contributed by atoms with E-state index in [0.717, 1.165) is 34.9 Å². The number of carbonyl (C=O) groups is 2. The number of nitrogens with zero attached hydrogens (tertiary/aromatic N) is 3. The van der Waals surface area contributed by atoms with Gasteiger partial charge >= 0.3 is 0 Å². The monoisotopic (exact) mass is 492 g/mol. The average Bonchev–Trinajstić information content (AvgIpc) is 3.24. The number of carbonyl (C=O) groups excluding carboxylic acids is 2. The predicted molar refractivity (Wildman–Crippen MR) is 138 cm³/mol. The summed E-state index contributed by atoms with van der Waals surface area (Å²) in [5.41, 5.74) is 9.69. The third kappa shape index (κ3) is 5.91. The van der Waals surface area contributed by atoms with Crippen molar-refractivity contribution in [3.63, 3.8) is 0 Å². The zero-order valence-electron chi connectivity index (χ0n) is 20.8. The Labute approximate surface area is 210 Å². The van der Waals surface area contributed by atoms with Crippen LogP contribution in [-0.4, -0.2) is 45.4 Å². The zero-order valence-corrected chi connectivity index (χ0v) is 20.8. The van der Waals surface area contributed by atoms with Crippen LogP contribution < -0.4 is 16.4 Å². The number of aryl methyl sites for hydroxylation is 1. The van der Waals surface area contributed by atoms with Gasteiger partial charge in [-0.05, 0) is 56.2 Å². The molecule has 0 unspecified atom stereocenters. The Bertz CT molecular complexity index is 1210. The molecular formula is C27H33FN6O2. The number of amides is 2. The summed E-state index contributed by atoms with van der Waals surface area (Å²) in [5.74, 6) is 0.916. The van der Waals surface area contributed by atoms with Crippen molar-refractivity contribution in [2.75, 3.05) is 18.4 Å². The highest BCUT2D eigenvalue weighted by Crippen LogP contribution is 2.33. The van der Waals surface area contributed by atoms with E-state index >= 15 is 0 Å². The maximum atomic E-state index is 13.6. The molecule has 1 atom stereocenters. The molecule has 9 heteroatoms. The minimum atomic E-state index is -0.749. The van der Waals surface area contributed by atoms with Gasteiger partial charge in [-0.25, -0.2) is 9.37 Å². The molecule has 0 fully saturated rings. The molecule has 190 valence electrons. The lowest BCUT2D eigenvalue weighted by molar-refractivity contribution is -0.134. The van der Waals surface area contributed by atoms with Gasteiger partial charge in [-0.2, -0.15) is 0 Å². The first-order valence-corrected chi connectivity index (χ1v) is 12.4. The number of benzene rings is 2. The molecule has 2 amide bonds. The number of nitrogens with two attached hydrogens (primary N) is 1. The van der Waals surface area contributed by atoms with Gasteiger partial charge in [0.25, 0.3) is 0 Å². The number of fused-ring (bicyclic) bond motifs is 1. The summed E-state index contributed by atoms with van der Waals surface area (Å²) in [5, 5.41) is 6.28. The molecule has 2 heterocycles. The molecule has 4 N–H and O–H groups in total. The van der Waals surface area contributed by atoms with Crippen molar-refractivity contribution in [1.82, 2.24) is 19.8 Å². The molecule has 1 aliphatic rings. The van der Waals surface area contributed by atoms with Gasteiger partial charge in [0.1, 0.15) is 23.2 Å². The normalized spacial score (nSPS) is 13.7. The number of aromatic nitrogens is 2. The van der Waals surface area contributed by atoms with E-state index in [1.54, 1.807) is 17.0 Å². The van der Waals surface area contributed by atoms with Crippen molar-refractivity contribution >= 4 is 23.3 Å². The van der Waals surface area contributed by atoms with Gasteiger partial charge in [0.05, 0.1) is 12.6 Å². The van der Waals surface area contributed by atoms with E-state index in [1.807, 2.05) is 38.1 Å². The van der Waals surface area contributed by atoms with E-state index in [2.05, 4.69) is 15.2 Å². The Balaban J connectivity index is 1.54. The number of anilines is 2. The van der Waals surface area contributed by atoms with Crippen LogP contribution in [0, 0.1) is 12.7 Å². The van der Waals surface area contributed by atoms with E-state index in [1.165, 1.54) is 12.1 Å². The summed E-state index contributed by atoms with van der Waals surface area (Å²) in [6.45, 7) is 5.95. The highest BCUT2D eigenvalue weighted by molar-refractivity contribution is 5.83. The second-order valence-corrected chi connectivity index (χ2v) is 9.13. The van der Waals surface area contributed by atoms with Crippen LogP contribution in [0.25, 0.3) is 11.3 Å². The molecule has 0 saturated carbocycles. The quantitative estimate of drug-likeness (QED) is 0.422. The summed E-state index contributed by atoms with van der Waals surface area (Å²) in [6, 6.07) is 13.5. The number of hydrogen-bond acceptors (Lipinski definition) is 5. The van der Waals surface area contributed by atoms with E-state index < -0.39 is 6.04 Å². The van der Waals surface area contributed by atoms with Crippen LogP contribution in [0.5, 0.6) is 0 Å². The number of nitrogens with one attached hydrogen (secondary N) is 2. The molecule has 0 saturated heterocycles. The van der Waals surface area contributed by atoms with Gasteiger partial charge in [0, 0.05) is 37.3 Å². The molecule has 0 radical (unpaired) electrons. The van der Waals surface area contributed by atoms with Crippen molar-refractivity contribution in [3.05, 3.63) is 65.7 Å². The van der Waals surface area contributed by atoms with Crippen LogP contribution in [0.1, 0.15) is 37.6 Å². The highest BCUT2D eigenvalue weighted by atomic mass is 19.1. The second kappa shape index (κ2) is 11.3. The standard InChI is InChI=1S/C27H33FN6O2/c1-3-14-30-24(35)13-12-22(29)27(36)33-15-16-34-23(17-33)32-25(19-6-8-20(28)9-7-19)26(34)31-21-10-4-18(2)5-11-21/h4-11,22,31H,3,12-17,29H2,1-2H3,(H,30,35)/t22-/m0/s1. The molecule has 1 aromatic heterocycles. The topological polar surface area (TPSA) is 105 Å². The predicted octanol–water partition coefficient (Wildman–Crippen LogP) is 3.72. The molecule has 4 rings (SSSR count). The van der Waals surface area contributed by atoms with Gasteiger partial charge in [-0.15, -0.1) is 0 Å². The van der Waals surface area contributed by atoms with Crippen LogP contribution in [0.4, 0.5) is 15.9 Å². The van der Waals surface area contributed by atoms with Gasteiger partial charge in [-0.3, -0.25) is 9.59 Å². The highest BCUT2D eigenvalue weighted by Gasteiger charge is 2.29. The van der Waals surface area contributed by atoms with E-state index in [9.17, 15) is 14.0 Å². The fourth-order valence-electron chi connectivity index (χ4n) is 4.23. The first-order chi connectivity index (χ1) is 17.4. The number of halogens is 1. The molecular weight excluding hydrogens is 459 g/mol. The van der Waals surface area contributed by atoms with Crippen LogP contribution in [-0.2, 0) is 22.7 Å². The largest absolute Gasteiger partial charge is 0.356 e. The molecule has 1 aliphatic heterocycles. The molecule has 36 heavy (non-hydrogen) atoms. The molecule has 0 bridgehead atoms. The summed E-state index contributed by atoms with van der Waals surface area (Å²) in [4.78, 5) is 31.5. The summed E-state index contributed by atoms with van der Waals surface area (Å²) in [7, 11) is 0. The fraction of sp³-hybridized carbons (Fsp3) is 0.370. The van der Waals surface area contributed by atoms with E-state index in [-0.39, 0.29) is 24.1 Å². The van der Waals surface area contributed by atoms with Crippen LogP contribution in [0.3, 0.4) is 0 Å². The van der Waals surface area contributed by atoms with E-state index in [4.69, 9.17) is 10.7 Å². The Hall–Kier alpha value is -3.72. The lowest BCUT2D eigenvalue weighted by Crippen LogP contribution is -2.47. The Morgan fingerprint density at radius 2 is 1.83 bits per heavy atom. The van der Waals surface area contributed by atoms with Gasteiger partial charge < -0.3 is 25.8 Å². The summed E-state index contributed by atoms with van der Waals surface area (Å²) in [6.07, 6.45) is 1.37. The van der Waals surface area contributed by atoms with Crippen molar-refractivity contribution in [3.8, 4) is 11.3 Å². The van der Waals surface area contributed by atoms with Crippen molar-refractivity contribution in [2.24, 2.45) is 5.73 Å². The van der Waals surface area contributed by atoms with Crippen LogP contribution in [0.2, 0.25) is 0 Å². The van der Waals surface area contributed by atoms with Crippen molar-refractivity contribution < 1.29 is 14.0 Å². The van der Waals surface area contributed by atoms with Crippen molar-refractivity contribution in [2.45, 2.75) is 52.2 Å². The molecule has 2 aromatic carbocycles. The first kappa shape index (κ1) is 25.4. The smallest absolute Gasteiger partial charge is 0.239 e. The SMILES string of the molecule is CCCNC(=O)CC[C@H](N)C(=O)N1CCn2c(nc(-c3ccc(F)cc3)c2Nc2ccc(C)cc2)C1. The summed E-state index contributed by atoms with van der Waals surface area (Å²) < 4.78 is 15.6. The van der Waals surface area contributed by atoms with Gasteiger partial charge in [0.15, 0.2) is 0 Å². The van der Waals surface area contributed by atoms with Crippen LogP contribution in [0.15, 0.2) is 48.5 Å². The summed E-state index contributed by atoms with van der Waals surface area (Å²) >= 11 is 0. The maximum Gasteiger partial charge on any atom is 0.239 e. The molecule has 0 spiro atoms. The Morgan fingerprint density at radius 1 is 1.11 bits per heavy atom. The van der Waals surface area contributed by atoms with Gasteiger partial charge in [0.2, 0.25) is 11.8 Å². The molecule has 3 aromatic rings. The minimum absolute atomic E-state index is 0.0925.